The van der Waals surface area contributed by atoms with Crippen molar-refractivity contribution in [2.45, 2.75) is 38.8 Å². The molecule has 1 N–H and O–H groups in total. The molecule has 0 aliphatic heterocycles. The molecule has 0 bridgehead atoms. The second-order valence-corrected chi connectivity index (χ2v) is 5.42. The van der Waals surface area contributed by atoms with Gasteiger partial charge in [-0.3, -0.25) is 0 Å². The quantitative estimate of drug-likeness (QED) is 0.794. The molecule has 4 nitrogen and oxygen atoms in total. The van der Waals surface area contributed by atoms with E-state index in [-0.39, 0.29) is 11.6 Å². The third-order valence-electron chi connectivity index (χ3n) is 3.47. The lowest BCUT2D eigenvalue weighted by atomic mass is 9.93. The van der Waals surface area contributed by atoms with Crippen molar-refractivity contribution in [1.29, 1.82) is 0 Å². The predicted molar refractivity (Wildman–Crippen MR) is 81.7 cm³/mol. The van der Waals surface area contributed by atoms with Crippen LogP contribution in [0.5, 0.6) is 11.5 Å². The molecule has 0 saturated heterocycles. The van der Waals surface area contributed by atoms with E-state index in [4.69, 9.17) is 14.2 Å². The first-order chi connectivity index (χ1) is 9.45. The number of methoxy groups -OCH3 is 3. The Hall–Kier alpha value is -1.26. The number of hydrogen-bond donors (Lipinski definition) is 1. The summed E-state index contributed by atoms with van der Waals surface area (Å²) in [5, 5.41) is 3.50. The van der Waals surface area contributed by atoms with Gasteiger partial charge in [-0.05, 0) is 44.5 Å². The molecule has 1 aromatic rings. The van der Waals surface area contributed by atoms with E-state index >= 15 is 0 Å². The Bertz CT molecular complexity index is 396. The second kappa shape index (κ2) is 7.50. The summed E-state index contributed by atoms with van der Waals surface area (Å²) in [6.45, 7) is 7.18. The van der Waals surface area contributed by atoms with Gasteiger partial charge in [0.1, 0.15) is 11.5 Å². The molecular formula is C16H27NO3. The van der Waals surface area contributed by atoms with E-state index in [0.717, 1.165) is 30.0 Å². The molecule has 1 unspecified atom stereocenters. The number of rotatable bonds is 8. The van der Waals surface area contributed by atoms with E-state index in [9.17, 15) is 0 Å². The number of benzene rings is 1. The van der Waals surface area contributed by atoms with Crippen LogP contribution in [0.15, 0.2) is 18.2 Å². The Kier molecular flexibility index (Phi) is 6.30. The zero-order valence-corrected chi connectivity index (χ0v) is 13.4. The third kappa shape index (κ3) is 4.69. The molecule has 0 amide bonds. The van der Waals surface area contributed by atoms with Crippen molar-refractivity contribution >= 4 is 0 Å². The topological polar surface area (TPSA) is 39.7 Å². The van der Waals surface area contributed by atoms with Gasteiger partial charge in [-0.1, -0.05) is 6.92 Å². The summed E-state index contributed by atoms with van der Waals surface area (Å²) in [6.07, 6.45) is 0.869. The second-order valence-electron chi connectivity index (χ2n) is 5.42. The van der Waals surface area contributed by atoms with Crippen molar-refractivity contribution in [1.82, 2.24) is 5.32 Å². The van der Waals surface area contributed by atoms with Gasteiger partial charge in [0.15, 0.2) is 0 Å². The van der Waals surface area contributed by atoms with Crippen LogP contribution >= 0.6 is 0 Å². The molecule has 0 saturated carbocycles. The van der Waals surface area contributed by atoms with Crippen molar-refractivity contribution in [2.75, 3.05) is 27.9 Å². The van der Waals surface area contributed by atoms with Gasteiger partial charge in [-0.25, -0.2) is 0 Å². The minimum absolute atomic E-state index is 0.191. The van der Waals surface area contributed by atoms with Crippen LogP contribution < -0.4 is 14.8 Å². The fourth-order valence-corrected chi connectivity index (χ4v) is 2.16. The molecule has 0 aromatic heterocycles. The van der Waals surface area contributed by atoms with E-state index in [0.29, 0.717) is 0 Å². The molecule has 114 valence electrons. The van der Waals surface area contributed by atoms with Crippen molar-refractivity contribution in [2.24, 2.45) is 0 Å². The molecule has 0 heterocycles. The standard InChI is InChI=1S/C16H27NO3/c1-7-17-15(11-16(2,3)20-6)12-8-13(18-4)10-14(9-12)19-5/h8-10,15,17H,7,11H2,1-6H3. The van der Waals surface area contributed by atoms with Crippen LogP contribution in [0.2, 0.25) is 0 Å². The lowest BCUT2D eigenvalue weighted by Gasteiger charge is -2.29. The van der Waals surface area contributed by atoms with Crippen LogP contribution in [0, 0.1) is 0 Å². The summed E-state index contributed by atoms with van der Waals surface area (Å²) in [5.74, 6) is 1.61. The maximum atomic E-state index is 5.55. The molecule has 4 heteroatoms. The van der Waals surface area contributed by atoms with Gasteiger partial charge in [-0.2, -0.15) is 0 Å². The van der Waals surface area contributed by atoms with Gasteiger partial charge in [0.25, 0.3) is 0 Å². The molecule has 1 atom stereocenters. The highest BCUT2D eigenvalue weighted by atomic mass is 16.5. The average Bonchev–Trinajstić information content (AvgIpc) is 2.46. The molecule has 0 aliphatic rings. The Morgan fingerprint density at radius 2 is 1.60 bits per heavy atom. The normalized spacial score (nSPS) is 13.1. The lowest BCUT2D eigenvalue weighted by Crippen LogP contribution is -2.32. The first kappa shape index (κ1) is 16.8. The summed E-state index contributed by atoms with van der Waals surface area (Å²) in [5.41, 5.74) is 0.955. The van der Waals surface area contributed by atoms with Gasteiger partial charge < -0.3 is 19.5 Å². The number of nitrogens with one attached hydrogen (secondary N) is 1. The highest BCUT2D eigenvalue weighted by molar-refractivity contribution is 5.40. The average molecular weight is 281 g/mol. The monoisotopic (exact) mass is 281 g/mol. The molecule has 0 aliphatic carbocycles. The van der Waals surface area contributed by atoms with Crippen LogP contribution in [-0.2, 0) is 4.74 Å². The van der Waals surface area contributed by atoms with Crippen LogP contribution in [0.1, 0.15) is 38.8 Å². The maximum Gasteiger partial charge on any atom is 0.122 e. The van der Waals surface area contributed by atoms with E-state index < -0.39 is 0 Å². The summed E-state index contributed by atoms with van der Waals surface area (Å²) in [6, 6.07) is 6.16. The Morgan fingerprint density at radius 1 is 1.05 bits per heavy atom. The molecule has 20 heavy (non-hydrogen) atoms. The summed E-state index contributed by atoms with van der Waals surface area (Å²) in [4.78, 5) is 0. The zero-order chi connectivity index (χ0) is 15.2. The predicted octanol–water partition coefficient (Wildman–Crippen LogP) is 3.17. The minimum Gasteiger partial charge on any atom is -0.497 e. The highest BCUT2D eigenvalue weighted by Gasteiger charge is 2.24. The van der Waals surface area contributed by atoms with Gasteiger partial charge >= 0.3 is 0 Å². The highest BCUT2D eigenvalue weighted by Crippen LogP contribution is 2.31. The Labute approximate surface area is 122 Å². The number of hydrogen-bond acceptors (Lipinski definition) is 4. The SMILES string of the molecule is CCNC(CC(C)(C)OC)c1cc(OC)cc(OC)c1. The molecule has 1 aromatic carbocycles. The molecular weight excluding hydrogens is 254 g/mol. The van der Waals surface area contributed by atoms with Crippen molar-refractivity contribution < 1.29 is 14.2 Å². The first-order valence-corrected chi connectivity index (χ1v) is 6.97. The van der Waals surface area contributed by atoms with Gasteiger partial charge in [0.2, 0.25) is 0 Å². The molecule has 0 spiro atoms. The van der Waals surface area contributed by atoms with Gasteiger partial charge in [-0.15, -0.1) is 0 Å². The van der Waals surface area contributed by atoms with Gasteiger partial charge in [0, 0.05) is 19.2 Å². The van der Waals surface area contributed by atoms with Crippen molar-refractivity contribution in [3.63, 3.8) is 0 Å². The summed E-state index contributed by atoms with van der Waals surface area (Å²) in [7, 11) is 5.08. The fourth-order valence-electron chi connectivity index (χ4n) is 2.16. The van der Waals surface area contributed by atoms with E-state index in [1.165, 1.54) is 0 Å². The van der Waals surface area contributed by atoms with Crippen LogP contribution in [-0.4, -0.2) is 33.5 Å². The first-order valence-electron chi connectivity index (χ1n) is 6.97. The Balaban J connectivity index is 3.07. The minimum atomic E-state index is -0.191. The molecule has 0 fully saturated rings. The van der Waals surface area contributed by atoms with E-state index in [1.54, 1.807) is 21.3 Å². The van der Waals surface area contributed by atoms with E-state index in [1.807, 2.05) is 18.2 Å². The van der Waals surface area contributed by atoms with Crippen LogP contribution in [0.25, 0.3) is 0 Å². The molecule has 1 rings (SSSR count). The smallest absolute Gasteiger partial charge is 0.122 e. The largest absolute Gasteiger partial charge is 0.497 e. The lowest BCUT2D eigenvalue weighted by molar-refractivity contribution is 0.00694. The summed E-state index contributed by atoms with van der Waals surface area (Å²) < 4.78 is 16.2. The zero-order valence-electron chi connectivity index (χ0n) is 13.4. The fraction of sp³-hybridized carbons (Fsp3) is 0.625. The molecule has 0 radical (unpaired) electrons. The number of ether oxygens (including phenoxy) is 3. The van der Waals surface area contributed by atoms with Gasteiger partial charge in [0.05, 0.1) is 19.8 Å². The van der Waals surface area contributed by atoms with Crippen molar-refractivity contribution in [3.8, 4) is 11.5 Å². The maximum absolute atomic E-state index is 5.55. The Morgan fingerprint density at radius 3 is 2.00 bits per heavy atom. The summed E-state index contributed by atoms with van der Waals surface area (Å²) >= 11 is 0. The van der Waals surface area contributed by atoms with Crippen LogP contribution in [0.4, 0.5) is 0 Å². The van der Waals surface area contributed by atoms with Crippen LogP contribution in [0.3, 0.4) is 0 Å². The third-order valence-corrected chi connectivity index (χ3v) is 3.47. The van der Waals surface area contributed by atoms with Crippen molar-refractivity contribution in [3.05, 3.63) is 23.8 Å². The van der Waals surface area contributed by atoms with E-state index in [2.05, 4.69) is 26.1 Å².